The molecule has 0 radical (unpaired) electrons. The van der Waals surface area contributed by atoms with Crippen molar-refractivity contribution in [2.75, 3.05) is 0 Å². The van der Waals surface area contributed by atoms with Crippen molar-refractivity contribution in [2.24, 2.45) is 12.8 Å². The predicted molar refractivity (Wildman–Crippen MR) is 60.4 cm³/mol. The zero-order chi connectivity index (χ0) is 10.8. The van der Waals surface area contributed by atoms with Crippen molar-refractivity contribution in [2.45, 2.75) is 13.0 Å². The molecule has 0 bridgehead atoms. The maximum Gasteiger partial charge on any atom is 0.0723 e. The van der Waals surface area contributed by atoms with Gasteiger partial charge in [-0.25, -0.2) is 0 Å². The van der Waals surface area contributed by atoms with E-state index in [1.165, 1.54) is 5.56 Å². The molecule has 1 aromatic heterocycles. The largest absolute Gasteiger partial charge is 0.319 e. The Bertz CT molecular complexity index is 442. The monoisotopic (exact) mass is 201 g/mol. The van der Waals surface area contributed by atoms with Crippen molar-refractivity contribution in [1.29, 1.82) is 0 Å². The van der Waals surface area contributed by atoms with Crippen LogP contribution < -0.4 is 5.73 Å². The second-order valence-corrected chi connectivity index (χ2v) is 3.77. The highest BCUT2D eigenvalue weighted by Gasteiger charge is 2.11. The van der Waals surface area contributed by atoms with Crippen LogP contribution in [-0.2, 0) is 7.05 Å². The first-order valence-corrected chi connectivity index (χ1v) is 4.98. The molecule has 0 aliphatic rings. The average molecular weight is 201 g/mol. The van der Waals surface area contributed by atoms with Gasteiger partial charge in [0, 0.05) is 13.2 Å². The quantitative estimate of drug-likeness (QED) is 0.804. The van der Waals surface area contributed by atoms with E-state index in [2.05, 4.69) is 36.3 Å². The molecule has 0 aliphatic heterocycles. The molecule has 0 saturated heterocycles. The highest BCUT2D eigenvalue weighted by molar-refractivity contribution is 5.29. The SMILES string of the molecule is Cc1ccc(C(N)c2ccnn2C)cc1. The summed E-state index contributed by atoms with van der Waals surface area (Å²) >= 11 is 0. The van der Waals surface area contributed by atoms with Gasteiger partial charge in [0.15, 0.2) is 0 Å². The molecule has 78 valence electrons. The maximum absolute atomic E-state index is 6.15. The number of aryl methyl sites for hydroxylation is 2. The predicted octanol–water partition coefficient (Wildman–Crippen LogP) is 1.78. The summed E-state index contributed by atoms with van der Waals surface area (Å²) in [7, 11) is 1.91. The van der Waals surface area contributed by atoms with Gasteiger partial charge in [-0.15, -0.1) is 0 Å². The Hall–Kier alpha value is -1.61. The van der Waals surface area contributed by atoms with E-state index in [-0.39, 0.29) is 6.04 Å². The van der Waals surface area contributed by atoms with Crippen LogP contribution >= 0.6 is 0 Å². The third-order valence-corrected chi connectivity index (χ3v) is 2.61. The Labute approximate surface area is 89.5 Å². The van der Waals surface area contributed by atoms with Crippen LogP contribution in [0.4, 0.5) is 0 Å². The maximum atomic E-state index is 6.15. The van der Waals surface area contributed by atoms with Gasteiger partial charge in [0.05, 0.1) is 11.7 Å². The van der Waals surface area contributed by atoms with E-state index in [1.54, 1.807) is 6.20 Å². The smallest absolute Gasteiger partial charge is 0.0723 e. The van der Waals surface area contributed by atoms with Crippen LogP contribution in [0.15, 0.2) is 36.5 Å². The number of benzene rings is 1. The zero-order valence-electron chi connectivity index (χ0n) is 9.01. The number of rotatable bonds is 2. The van der Waals surface area contributed by atoms with Gasteiger partial charge >= 0.3 is 0 Å². The standard InChI is InChI=1S/C12H15N3/c1-9-3-5-10(6-4-9)12(13)11-7-8-14-15(11)2/h3-8,12H,13H2,1-2H3. The van der Waals surface area contributed by atoms with Gasteiger partial charge < -0.3 is 5.73 Å². The first-order valence-electron chi connectivity index (χ1n) is 4.98. The van der Waals surface area contributed by atoms with Crippen LogP contribution in [0.3, 0.4) is 0 Å². The Balaban J connectivity index is 2.32. The van der Waals surface area contributed by atoms with Gasteiger partial charge in [0.25, 0.3) is 0 Å². The molecule has 0 fully saturated rings. The number of nitrogens with zero attached hydrogens (tertiary/aromatic N) is 2. The Morgan fingerprint density at radius 2 is 1.87 bits per heavy atom. The molecular weight excluding hydrogens is 186 g/mol. The molecule has 1 heterocycles. The molecule has 0 aliphatic carbocycles. The molecule has 2 N–H and O–H groups in total. The van der Waals surface area contributed by atoms with Crippen molar-refractivity contribution < 1.29 is 0 Å². The minimum Gasteiger partial charge on any atom is -0.319 e. The highest BCUT2D eigenvalue weighted by Crippen LogP contribution is 2.18. The van der Waals surface area contributed by atoms with E-state index in [0.717, 1.165) is 11.3 Å². The molecule has 2 rings (SSSR count). The van der Waals surface area contributed by atoms with E-state index < -0.39 is 0 Å². The molecule has 1 aromatic carbocycles. The summed E-state index contributed by atoms with van der Waals surface area (Å²) < 4.78 is 1.81. The van der Waals surface area contributed by atoms with E-state index in [4.69, 9.17) is 5.73 Å². The van der Waals surface area contributed by atoms with Crippen LogP contribution in [0.2, 0.25) is 0 Å². The van der Waals surface area contributed by atoms with Crippen LogP contribution in [0.25, 0.3) is 0 Å². The Morgan fingerprint density at radius 3 is 2.40 bits per heavy atom. The number of aromatic nitrogens is 2. The summed E-state index contributed by atoms with van der Waals surface area (Å²) in [5, 5.41) is 4.12. The molecule has 0 amide bonds. The lowest BCUT2D eigenvalue weighted by Gasteiger charge is -2.12. The van der Waals surface area contributed by atoms with Gasteiger partial charge in [-0.3, -0.25) is 4.68 Å². The molecule has 1 atom stereocenters. The lowest BCUT2D eigenvalue weighted by Crippen LogP contribution is -2.15. The fourth-order valence-corrected chi connectivity index (χ4v) is 1.63. The van der Waals surface area contributed by atoms with Crippen LogP contribution in [-0.4, -0.2) is 9.78 Å². The van der Waals surface area contributed by atoms with Crippen molar-refractivity contribution >= 4 is 0 Å². The fourth-order valence-electron chi connectivity index (χ4n) is 1.63. The van der Waals surface area contributed by atoms with Crippen molar-refractivity contribution in [3.05, 3.63) is 53.3 Å². The first-order chi connectivity index (χ1) is 7.18. The average Bonchev–Trinajstić information content (AvgIpc) is 2.65. The van der Waals surface area contributed by atoms with Crippen LogP contribution in [0, 0.1) is 6.92 Å². The summed E-state index contributed by atoms with van der Waals surface area (Å²) in [5.74, 6) is 0. The summed E-state index contributed by atoms with van der Waals surface area (Å²) in [6.07, 6.45) is 1.77. The van der Waals surface area contributed by atoms with Crippen LogP contribution in [0.1, 0.15) is 22.9 Å². The third-order valence-electron chi connectivity index (χ3n) is 2.61. The molecule has 15 heavy (non-hydrogen) atoms. The van der Waals surface area contributed by atoms with Gasteiger partial charge in [0.2, 0.25) is 0 Å². The normalized spacial score (nSPS) is 12.7. The highest BCUT2D eigenvalue weighted by atomic mass is 15.3. The summed E-state index contributed by atoms with van der Waals surface area (Å²) in [4.78, 5) is 0. The summed E-state index contributed by atoms with van der Waals surface area (Å²) in [6.45, 7) is 2.07. The number of nitrogens with two attached hydrogens (primary N) is 1. The van der Waals surface area contributed by atoms with Crippen molar-refractivity contribution in [3.8, 4) is 0 Å². The zero-order valence-corrected chi connectivity index (χ0v) is 9.01. The minimum absolute atomic E-state index is 0.0990. The molecular formula is C12H15N3. The minimum atomic E-state index is -0.0990. The molecule has 3 heteroatoms. The third kappa shape index (κ3) is 1.92. The molecule has 0 spiro atoms. The van der Waals surface area contributed by atoms with Gasteiger partial charge in [-0.1, -0.05) is 29.8 Å². The molecule has 1 unspecified atom stereocenters. The topological polar surface area (TPSA) is 43.8 Å². The van der Waals surface area contributed by atoms with E-state index >= 15 is 0 Å². The summed E-state index contributed by atoms with van der Waals surface area (Å²) in [6, 6.07) is 10.1. The van der Waals surface area contributed by atoms with E-state index in [1.807, 2.05) is 17.8 Å². The van der Waals surface area contributed by atoms with Crippen molar-refractivity contribution in [3.63, 3.8) is 0 Å². The fraction of sp³-hybridized carbons (Fsp3) is 0.250. The second-order valence-electron chi connectivity index (χ2n) is 3.77. The molecule has 3 nitrogen and oxygen atoms in total. The van der Waals surface area contributed by atoms with Gasteiger partial charge in [-0.05, 0) is 18.6 Å². The van der Waals surface area contributed by atoms with Gasteiger partial charge in [-0.2, -0.15) is 5.10 Å². The lowest BCUT2D eigenvalue weighted by atomic mass is 10.0. The molecule has 0 saturated carbocycles. The first kappa shape index (κ1) is 9.93. The number of hydrogen-bond acceptors (Lipinski definition) is 2. The number of hydrogen-bond donors (Lipinski definition) is 1. The van der Waals surface area contributed by atoms with Gasteiger partial charge in [0.1, 0.15) is 0 Å². The van der Waals surface area contributed by atoms with E-state index in [0.29, 0.717) is 0 Å². The molecule has 2 aromatic rings. The Kier molecular flexibility index (Phi) is 2.56. The van der Waals surface area contributed by atoms with Crippen LogP contribution in [0.5, 0.6) is 0 Å². The summed E-state index contributed by atoms with van der Waals surface area (Å²) in [5.41, 5.74) is 9.54. The van der Waals surface area contributed by atoms with E-state index in [9.17, 15) is 0 Å². The van der Waals surface area contributed by atoms with Crippen molar-refractivity contribution in [1.82, 2.24) is 9.78 Å². The second kappa shape index (κ2) is 3.87. The Morgan fingerprint density at radius 1 is 1.20 bits per heavy atom. The lowest BCUT2D eigenvalue weighted by molar-refractivity contribution is 0.673.